The fraction of sp³-hybridized carbons (Fsp3) is 0.455. The van der Waals surface area contributed by atoms with E-state index < -0.39 is 28.7 Å². The summed E-state index contributed by atoms with van der Waals surface area (Å²) in [6, 6.07) is 0. The van der Waals surface area contributed by atoms with E-state index >= 15 is 0 Å². The lowest BCUT2D eigenvalue weighted by Crippen LogP contribution is -2.52. The second-order valence-corrected chi connectivity index (χ2v) is 4.62. The van der Waals surface area contributed by atoms with Gasteiger partial charge in [-0.2, -0.15) is 0 Å². The van der Waals surface area contributed by atoms with Gasteiger partial charge in [0.15, 0.2) is 0 Å². The number of nitrogens with one attached hydrogen (secondary N) is 2. The lowest BCUT2D eigenvalue weighted by molar-refractivity contribution is -0.147. The Kier molecular flexibility index (Phi) is 3.01. The Morgan fingerprint density at radius 2 is 2.11 bits per heavy atom. The molecule has 0 radical (unpaired) electrons. The van der Waals surface area contributed by atoms with Gasteiger partial charge in [0.1, 0.15) is 11.1 Å². The van der Waals surface area contributed by atoms with E-state index in [-0.39, 0.29) is 12.1 Å². The van der Waals surface area contributed by atoms with E-state index in [0.717, 1.165) is 11.1 Å². The molecular weight excluding hydrogens is 254 g/mol. The smallest absolute Gasteiger partial charge is 0.329 e. The molecule has 8 heteroatoms. The first-order chi connectivity index (χ1) is 8.86. The minimum absolute atomic E-state index is 0.264. The lowest BCUT2D eigenvalue weighted by atomic mass is 9.99. The van der Waals surface area contributed by atoms with Crippen LogP contribution in [0, 0.1) is 0 Å². The van der Waals surface area contributed by atoms with Crippen LogP contribution in [0.15, 0.2) is 15.8 Å². The van der Waals surface area contributed by atoms with Crippen LogP contribution in [0.25, 0.3) is 0 Å². The lowest BCUT2D eigenvalue weighted by Gasteiger charge is -2.30. The quantitative estimate of drug-likeness (QED) is 0.643. The zero-order chi connectivity index (χ0) is 14.2. The number of H-pyrrole nitrogens is 2. The number of aromatic amines is 2. The number of carboxylic acid groups (broad SMARTS) is 1. The number of nitrogens with zero attached hydrogens (tertiary/aromatic N) is 1. The van der Waals surface area contributed by atoms with Gasteiger partial charge in [-0.25, -0.2) is 9.59 Å². The Bertz CT molecular complexity index is 646. The molecule has 2 heterocycles. The van der Waals surface area contributed by atoms with Crippen LogP contribution in [0.2, 0.25) is 0 Å². The van der Waals surface area contributed by atoms with E-state index in [1.54, 1.807) is 0 Å². The number of hydrogen-bond donors (Lipinski definition) is 3. The summed E-state index contributed by atoms with van der Waals surface area (Å²) in [6.07, 6.45) is 1.88. The predicted molar refractivity (Wildman–Crippen MR) is 64.0 cm³/mol. The largest absolute Gasteiger partial charge is 0.480 e. The average molecular weight is 267 g/mol. The van der Waals surface area contributed by atoms with Gasteiger partial charge in [-0.1, -0.05) is 0 Å². The fourth-order valence-electron chi connectivity index (χ4n) is 2.23. The highest BCUT2D eigenvalue weighted by atomic mass is 16.4. The van der Waals surface area contributed by atoms with Crippen LogP contribution in [0.1, 0.15) is 30.1 Å². The number of carbonyl (C=O) groups excluding carboxylic acids is 1. The molecule has 3 N–H and O–H groups in total. The van der Waals surface area contributed by atoms with Crippen LogP contribution in [-0.4, -0.2) is 43.9 Å². The molecule has 0 saturated carbocycles. The maximum atomic E-state index is 12.2. The van der Waals surface area contributed by atoms with Gasteiger partial charge in [-0.3, -0.25) is 14.6 Å². The monoisotopic (exact) mass is 267 g/mol. The molecule has 19 heavy (non-hydrogen) atoms. The third kappa shape index (κ3) is 2.05. The SMILES string of the molecule is CC1(C(=O)O)CCCN1C(=O)c1c[nH]c(=O)[nH]c1=O. The molecule has 102 valence electrons. The molecule has 1 aliphatic rings. The average Bonchev–Trinajstić information content (AvgIpc) is 2.72. The van der Waals surface area contributed by atoms with Crippen molar-refractivity contribution >= 4 is 11.9 Å². The summed E-state index contributed by atoms with van der Waals surface area (Å²) >= 11 is 0. The van der Waals surface area contributed by atoms with Gasteiger partial charge < -0.3 is 15.0 Å². The summed E-state index contributed by atoms with van der Waals surface area (Å²) < 4.78 is 0. The Labute approximate surface area is 107 Å². The van der Waals surface area contributed by atoms with E-state index in [9.17, 15) is 24.3 Å². The fourth-order valence-corrected chi connectivity index (χ4v) is 2.23. The molecule has 0 spiro atoms. The number of amides is 1. The van der Waals surface area contributed by atoms with Gasteiger partial charge in [0.2, 0.25) is 0 Å². The summed E-state index contributed by atoms with van der Waals surface area (Å²) in [6.45, 7) is 1.71. The highest BCUT2D eigenvalue weighted by Gasteiger charge is 2.46. The van der Waals surface area contributed by atoms with E-state index in [1.807, 2.05) is 4.98 Å². The van der Waals surface area contributed by atoms with Crippen LogP contribution in [0.4, 0.5) is 0 Å². The molecular formula is C11H13N3O5. The van der Waals surface area contributed by atoms with Crippen molar-refractivity contribution in [1.29, 1.82) is 0 Å². The zero-order valence-corrected chi connectivity index (χ0v) is 10.2. The molecule has 1 aromatic heterocycles. The Morgan fingerprint density at radius 3 is 2.68 bits per heavy atom. The van der Waals surface area contributed by atoms with Gasteiger partial charge in [0.05, 0.1) is 0 Å². The van der Waals surface area contributed by atoms with E-state index in [1.165, 1.54) is 6.92 Å². The minimum atomic E-state index is -1.32. The predicted octanol–water partition coefficient (Wildman–Crippen LogP) is -0.857. The zero-order valence-electron chi connectivity index (χ0n) is 10.2. The van der Waals surface area contributed by atoms with Crippen LogP contribution in [0.3, 0.4) is 0 Å². The highest BCUT2D eigenvalue weighted by Crippen LogP contribution is 2.30. The first-order valence-electron chi connectivity index (χ1n) is 5.73. The van der Waals surface area contributed by atoms with Crippen molar-refractivity contribution in [3.8, 4) is 0 Å². The van der Waals surface area contributed by atoms with Crippen molar-refractivity contribution in [3.63, 3.8) is 0 Å². The van der Waals surface area contributed by atoms with E-state index in [2.05, 4.69) is 4.98 Å². The number of aromatic nitrogens is 2. The number of carbonyl (C=O) groups is 2. The van der Waals surface area contributed by atoms with Gasteiger partial charge in [-0.15, -0.1) is 0 Å². The summed E-state index contributed by atoms with van der Waals surface area (Å²) in [5, 5.41) is 9.21. The second-order valence-electron chi connectivity index (χ2n) is 4.62. The molecule has 0 aromatic carbocycles. The number of hydrogen-bond acceptors (Lipinski definition) is 4. The van der Waals surface area contributed by atoms with Crippen LogP contribution in [-0.2, 0) is 4.79 Å². The number of likely N-dealkylation sites (tertiary alicyclic amines) is 1. The molecule has 1 amide bonds. The summed E-state index contributed by atoms with van der Waals surface area (Å²) in [5.74, 6) is -1.81. The molecule has 2 rings (SSSR count). The molecule has 1 aliphatic heterocycles. The van der Waals surface area contributed by atoms with E-state index in [0.29, 0.717) is 12.8 Å². The van der Waals surface area contributed by atoms with Crippen molar-refractivity contribution in [2.75, 3.05) is 6.54 Å². The first-order valence-corrected chi connectivity index (χ1v) is 5.73. The molecule has 1 aromatic rings. The number of aliphatic carboxylic acids is 1. The molecule has 8 nitrogen and oxygen atoms in total. The first kappa shape index (κ1) is 13.1. The Hall–Kier alpha value is -2.38. The minimum Gasteiger partial charge on any atom is -0.480 e. The van der Waals surface area contributed by atoms with Crippen molar-refractivity contribution in [3.05, 3.63) is 32.6 Å². The molecule has 1 unspecified atom stereocenters. The van der Waals surface area contributed by atoms with Crippen molar-refractivity contribution in [1.82, 2.24) is 14.9 Å². The van der Waals surface area contributed by atoms with Gasteiger partial charge in [-0.05, 0) is 19.8 Å². The van der Waals surface area contributed by atoms with Crippen molar-refractivity contribution in [2.24, 2.45) is 0 Å². The van der Waals surface area contributed by atoms with Crippen LogP contribution in [0.5, 0.6) is 0 Å². The molecule has 0 aliphatic carbocycles. The number of carboxylic acids is 1. The Morgan fingerprint density at radius 1 is 1.42 bits per heavy atom. The van der Waals surface area contributed by atoms with Crippen molar-refractivity contribution < 1.29 is 14.7 Å². The third-order valence-corrected chi connectivity index (χ3v) is 3.40. The highest BCUT2D eigenvalue weighted by molar-refractivity contribution is 5.97. The number of rotatable bonds is 2. The maximum absolute atomic E-state index is 12.2. The molecule has 1 atom stereocenters. The molecule has 1 saturated heterocycles. The standard InChI is InChI=1S/C11H13N3O5/c1-11(9(17)18)3-2-4-14(11)8(16)6-5-12-10(19)13-7(6)15/h5H,2-4H2,1H3,(H,17,18)(H2,12,13,15,19). The second kappa shape index (κ2) is 4.38. The van der Waals surface area contributed by atoms with Gasteiger partial charge in [0, 0.05) is 12.7 Å². The normalized spacial score (nSPS) is 22.5. The topological polar surface area (TPSA) is 123 Å². The third-order valence-electron chi connectivity index (χ3n) is 3.40. The maximum Gasteiger partial charge on any atom is 0.329 e. The van der Waals surface area contributed by atoms with Crippen LogP contribution >= 0.6 is 0 Å². The summed E-state index contributed by atoms with van der Waals surface area (Å²) in [7, 11) is 0. The Balaban J connectivity index is 2.42. The van der Waals surface area contributed by atoms with Crippen LogP contribution < -0.4 is 11.2 Å². The van der Waals surface area contributed by atoms with Gasteiger partial charge >= 0.3 is 11.7 Å². The van der Waals surface area contributed by atoms with Crippen molar-refractivity contribution in [2.45, 2.75) is 25.3 Å². The van der Waals surface area contributed by atoms with Gasteiger partial charge in [0.25, 0.3) is 11.5 Å². The summed E-state index contributed by atoms with van der Waals surface area (Å²) in [4.78, 5) is 51.2. The van der Waals surface area contributed by atoms with E-state index in [4.69, 9.17) is 0 Å². The molecule has 0 bridgehead atoms. The molecule has 1 fully saturated rings. The summed E-state index contributed by atoms with van der Waals surface area (Å²) in [5.41, 5.74) is -3.13.